The third kappa shape index (κ3) is 7.10. The highest BCUT2D eigenvalue weighted by molar-refractivity contribution is 5.80. The maximum absolute atomic E-state index is 11.6. The summed E-state index contributed by atoms with van der Waals surface area (Å²) in [5.74, 6) is -1.11. The van der Waals surface area contributed by atoms with E-state index in [0.717, 1.165) is 5.56 Å². The summed E-state index contributed by atoms with van der Waals surface area (Å²) >= 11 is 0. The number of aliphatic carboxylic acids is 1. The molecular weight excluding hydrogens is 272 g/mol. The molecule has 1 atom stereocenters. The number of hydrogen-bond acceptors (Lipinski definition) is 4. The van der Waals surface area contributed by atoms with E-state index in [9.17, 15) is 9.59 Å². The lowest BCUT2D eigenvalue weighted by molar-refractivity contribution is -0.139. The van der Waals surface area contributed by atoms with E-state index in [1.165, 1.54) is 0 Å². The minimum Gasteiger partial charge on any atom is -0.480 e. The normalized spacial score (nSPS) is 12.9. The van der Waals surface area contributed by atoms with Crippen LogP contribution in [0.4, 0.5) is 4.79 Å². The number of nitrogens with one attached hydrogen (secondary N) is 1. The van der Waals surface area contributed by atoms with Gasteiger partial charge in [0, 0.05) is 12.4 Å². The zero-order valence-corrected chi connectivity index (χ0v) is 12.4. The fourth-order valence-electron chi connectivity index (χ4n) is 1.49. The van der Waals surface area contributed by atoms with Crippen molar-refractivity contribution in [3.63, 3.8) is 0 Å². The van der Waals surface area contributed by atoms with Crippen molar-refractivity contribution in [1.29, 1.82) is 0 Å². The third-order valence-corrected chi connectivity index (χ3v) is 2.38. The van der Waals surface area contributed by atoms with E-state index < -0.39 is 23.7 Å². The Labute approximate surface area is 123 Å². The van der Waals surface area contributed by atoms with Crippen molar-refractivity contribution in [2.45, 2.75) is 38.8 Å². The zero-order chi connectivity index (χ0) is 15.9. The Morgan fingerprint density at radius 1 is 1.38 bits per heavy atom. The van der Waals surface area contributed by atoms with Gasteiger partial charge in [0.05, 0.1) is 0 Å². The summed E-state index contributed by atoms with van der Waals surface area (Å²) in [6.07, 6.45) is 6.17. The number of hydrogen-bond donors (Lipinski definition) is 2. The van der Waals surface area contributed by atoms with Gasteiger partial charge in [-0.2, -0.15) is 0 Å². The minimum atomic E-state index is -1.11. The maximum Gasteiger partial charge on any atom is 0.408 e. The first kappa shape index (κ1) is 16.7. The molecular formula is C15H20N2O4. The molecule has 0 fully saturated rings. The molecule has 21 heavy (non-hydrogen) atoms. The van der Waals surface area contributed by atoms with Gasteiger partial charge < -0.3 is 15.2 Å². The smallest absolute Gasteiger partial charge is 0.408 e. The number of nitrogens with zero attached hydrogens (tertiary/aromatic N) is 1. The lowest BCUT2D eigenvalue weighted by atomic mass is 10.1. The molecule has 0 spiro atoms. The van der Waals surface area contributed by atoms with Crippen LogP contribution in [0.25, 0.3) is 6.08 Å². The van der Waals surface area contributed by atoms with Gasteiger partial charge in [-0.25, -0.2) is 9.59 Å². The molecule has 1 aromatic heterocycles. The van der Waals surface area contributed by atoms with Crippen molar-refractivity contribution in [3.8, 4) is 0 Å². The molecule has 6 nitrogen and oxygen atoms in total. The molecule has 1 amide bonds. The van der Waals surface area contributed by atoms with Crippen LogP contribution in [0.5, 0.6) is 0 Å². The van der Waals surface area contributed by atoms with Gasteiger partial charge in [0.2, 0.25) is 0 Å². The zero-order valence-electron chi connectivity index (χ0n) is 12.4. The van der Waals surface area contributed by atoms with Crippen LogP contribution in [0, 0.1) is 0 Å². The molecule has 1 rings (SSSR count). The Morgan fingerprint density at radius 3 is 2.52 bits per heavy atom. The molecule has 1 aromatic rings. The third-order valence-electron chi connectivity index (χ3n) is 2.38. The van der Waals surface area contributed by atoms with Gasteiger partial charge >= 0.3 is 12.1 Å². The highest BCUT2D eigenvalue weighted by Crippen LogP contribution is 2.08. The largest absolute Gasteiger partial charge is 0.480 e. The number of alkyl carbamates (subject to hydrolysis) is 1. The molecule has 0 aliphatic carbocycles. The average molecular weight is 292 g/mol. The molecule has 0 unspecified atom stereocenters. The molecule has 0 aliphatic rings. The molecule has 6 heteroatoms. The summed E-state index contributed by atoms with van der Waals surface area (Å²) in [5.41, 5.74) is 0.242. The number of pyridine rings is 1. The molecule has 0 aromatic carbocycles. The van der Waals surface area contributed by atoms with E-state index in [2.05, 4.69) is 10.3 Å². The summed E-state index contributed by atoms with van der Waals surface area (Å²) in [6.45, 7) is 5.14. The van der Waals surface area contributed by atoms with Gasteiger partial charge in [-0.15, -0.1) is 0 Å². The second-order valence-electron chi connectivity index (χ2n) is 5.46. The molecule has 0 radical (unpaired) electrons. The number of aromatic nitrogens is 1. The van der Waals surface area contributed by atoms with Crippen LogP contribution >= 0.6 is 0 Å². The second kappa shape index (κ2) is 7.42. The molecule has 114 valence electrons. The lowest BCUT2D eigenvalue weighted by Crippen LogP contribution is -2.43. The van der Waals surface area contributed by atoms with E-state index in [4.69, 9.17) is 9.84 Å². The SMILES string of the molecule is CC(C)(C)OC(=O)N[C@H](C/C=C/c1ccncc1)C(=O)O. The molecule has 2 N–H and O–H groups in total. The van der Waals surface area contributed by atoms with Gasteiger partial charge in [-0.3, -0.25) is 4.98 Å². The number of carbonyl (C=O) groups is 2. The summed E-state index contributed by atoms with van der Waals surface area (Å²) < 4.78 is 5.04. The van der Waals surface area contributed by atoms with Crippen LogP contribution in [0.15, 0.2) is 30.6 Å². The Hall–Kier alpha value is -2.37. The molecule has 0 aliphatic heterocycles. The Morgan fingerprint density at radius 2 is 2.00 bits per heavy atom. The fourth-order valence-corrected chi connectivity index (χ4v) is 1.49. The van der Waals surface area contributed by atoms with E-state index in [-0.39, 0.29) is 6.42 Å². The van der Waals surface area contributed by atoms with Crippen LogP contribution in [0.2, 0.25) is 0 Å². The number of amides is 1. The van der Waals surface area contributed by atoms with E-state index in [0.29, 0.717) is 0 Å². The first-order valence-corrected chi connectivity index (χ1v) is 6.57. The Kier molecular flexibility index (Phi) is 5.90. The van der Waals surface area contributed by atoms with Gasteiger partial charge in [0.15, 0.2) is 0 Å². The van der Waals surface area contributed by atoms with E-state index in [1.54, 1.807) is 57.4 Å². The molecule has 1 heterocycles. The number of carbonyl (C=O) groups excluding carboxylic acids is 1. The number of ether oxygens (including phenoxy) is 1. The average Bonchev–Trinajstić information content (AvgIpc) is 2.36. The predicted molar refractivity (Wildman–Crippen MR) is 78.7 cm³/mol. The number of carboxylic acids is 1. The monoisotopic (exact) mass is 292 g/mol. The fraction of sp³-hybridized carbons (Fsp3) is 0.400. The first-order chi connectivity index (χ1) is 9.78. The molecule has 0 saturated carbocycles. The van der Waals surface area contributed by atoms with E-state index in [1.807, 2.05) is 0 Å². The standard InChI is InChI=1S/C15H20N2O4/c1-15(2,3)21-14(20)17-12(13(18)19)6-4-5-11-7-9-16-10-8-11/h4-5,7-10,12H,6H2,1-3H3,(H,17,20)(H,18,19)/b5-4+/t12-/m1/s1. The minimum absolute atomic E-state index is 0.164. The Bertz CT molecular complexity index is 506. The quantitative estimate of drug-likeness (QED) is 0.870. The summed E-state index contributed by atoms with van der Waals surface area (Å²) in [6, 6.07) is 2.57. The van der Waals surface area contributed by atoms with Crippen LogP contribution < -0.4 is 5.32 Å². The van der Waals surface area contributed by atoms with E-state index >= 15 is 0 Å². The summed E-state index contributed by atoms with van der Waals surface area (Å²) in [4.78, 5) is 26.6. The predicted octanol–water partition coefficient (Wildman–Crippen LogP) is 2.46. The van der Waals surface area contributed by atoms with Crippen LogP contribution in [-0.2, 0) is 9.53 Å². The highest BCUT2D eigenvalue weighted by Gasteiger charge is 2.22. The second-order valence-corrected chi connectivity index (χ2v) is 5.46. The van der Waals surface area contributed by atoms with Crippen molar-refractivity contribution < 1.29 is 19.4 Å². The molecule has 0 saturated heterocycles. The van der Waals surface area contributed by atoms with Crippen molar-refractivity contribution >= 4 is 18.1 Å². The van der Waals surface area contributed by atoms with Crippen molar-refractivity contribution in [3.05, 3.63) is 36.2 Å². The molecule has 0 bridgehead atoms. The maximum atomic E-state index is 11.6. The summed E-state index contributed by atoms with van der Waals surface area (Å²) in [5, 5.41) is 11.4. The van der Waals surface area contributed by atoms with Gasteiger partial charge in [-0.05, 0) is 44.9 Å². The van der Waals surface area contributed by atoms with Gasteiger partial charge in [-0.1, -0.05) is 12.2 Å². The van der Waals surface area contributed by atoms with Crippen LogP contribution in [0.1, 0.15) is 32.8 Å². The first-order valence-electron chi connectivity index (χ1n) is 6.57. The van der Waals surface area contributed by atoms with Crippen LogP contribution in [-0.4, -0.2) is 33.8 Å². The van der Waals surface area contributed by atoms with Crippen molar-refractivity contribution in [1.82, 2.24) is 10.3 Å². The Balaban J connectivity index is 2.56. The van der Waals surface area contributed by atoms with Crippen molar-refractivity contribution in [2.75, 3.05) is 0 Å². The van der Waals surface area contributed by atoms with Gasteiger partial charge in [0.1, 0.15) is 11.6 Å². The summed E-state index contributed by atoms with van der Waals surface area (Å²) in [7, 11) is 0. The topological polar surface area (TPSA) is 88.5 Å². The highest BCUT2D eigenvalue weighted by atomic mass is 16.6. The number of carboxylic acid groups (broad SMARTS) is 1. The number of rotatable bonds is 5. The van der Waals surface area contributed by atoms with Crippen LogP contribution in [0.3, 0.4) is 0 Å². The lowest BCUT2D eigenvalue weighted by Gasteiger charge is -2.21. The van der Waals surface area contributed by atoms with Gasteiger partial charge in [0.25, 0.3) is 0 Å². The van der Waals surface area contributed by atoms with Crippen molar-refractivity contribution in [2.24, 2.45) is 0 Å².